The number of pyridine rings is 1. The molecule has 0 saturated carbocycles. The largest absolute Gasteiger partial charge is 0.313 e. The summed E-state index contributed by atoms with van der Waals surface area (Å²) in [6, 6.07) is 9.45. The van der Waals surface area contributed by atoms with Crippen molar-refractivity contribution in [3.8, 4) is 0 Å². The monoisotopic (exact) mass is 272 g/mol. The van der Waals surface area contributed by atoms with E-state index in [1.807, 2.05) is 31.3 Å². The smallest absolute Gasteiger partial charge is 0.127 e. The van der Waals surface area contributed by atoms with E-state index in [1.165, 1.54) is 5.56 Å². The number of benzene rings is 1. The molecule has 0 aliphatic carbocycles. The maximum Gasteiger partial charge on any atom is 0.127 e. The van der Waals surface area contributed by atoms with E-state index >= 15 is 0 Å². The summed E-state index contributed by atoms with van der Waals surface area (Å²) in [4.78, 5) is 4.45. The molecule has 0 aliphatic heterocycles. The first-order valence-corrected chi connectivity index (χ1v) is 7.14. The first-order valence-electron chi connectivity index (χ1n) is 7.14. The van der Waals surface area contributed by atoms with Crippen molar-refractivity contribution in [1.29, 1.82) is 0 Å². The molecule has 0 saturated heterocycles. The van der Waals surface area contributed by atoms with Gasteiger partial charge >= 0.3 is 0 Å². The number of aromatic nitrogens is 1. The molecule has 2 nitrogen and oxygen atoms in total. The molecule has 0 bridgehead atoms. The molecule has 0 atom stereocenters. The van der Waals surface area contributed by atoms with Crippen molar-refractivity contribution in [3.05, 3.63) is 64.7 Å². The summed E-state index contributed by atoms with van der Waals surface area (Å²) in [5.74, 6) is -0.149. The van der Waals surface area contributed by atoms with E-state index in [1.54, 1.807) is 6.07 Å². The predicted molar refractivity (Wildman–Crippen MR) is 80.2 cm³/mol. The molecule has 2 aromatic rings. The Kier molecular flexibility index (Phi) is 5.24. The SMILES string of the molecule is CCNCc1cc(Cc2ccc(CC)cn2)ccc1F. The van der Waals surface area contributed by atoms with Gasteiger partial charge in [-0.15, -0.1) is 0 Å². The zero-order valence-electron chi connectivity index (χ0n) is 12.1. The number of hydrogen-bond acceptors (Lipinski definition) is 2. The third kappa shape index (κ3) is 3.87. The highest BCUT2D eigenvalue weighted by Crippen LogP contribution is 2.14. The average molecular weight is 272 g/mol. The highest BCUT2D eigenvalue weighted by atomic mass is 19.1. The molecule has 0 radical (unpaired) electrons. The Morgan fingerprint density at radius 2 is 1.90 bits per heavy atom. The van der Waals surface area contributed by atoms with Crippen LogP contribution in [0.2, 0.25) is 0 Å². The lowest BCUT2D eigenvalue weighted by Crippen LogP contribution is -2.13. The number of hydrogen-bond donors (Lipinski definition) is 1. The van der Waals surface area contributed by atoms with Gasteiger partial charge in [0.2, 0.25) is 0 Å². The molecule has 20 heavy (non-hydrogen) atoms. The number of rotatable bonds is 6. The highest BCUT2D eigenvalue weighted by molar-refractivity contribution is 5.29. The van der Waals surface area contributed by atoms with Crippen molar-refractivity contribution in [2.75, 3.05) is 6.54 Å². The second-order valence-electron chi connectivity index (χ2n) is 4.89. The minimum Gasteiger partial charge on any atom is -0.313 e. The molecule has 3 heteroatoms. The molecule has 0 fully saturated rings. The molecular weight excluding hydrogens is 251 g/mol. The summed E-state index contributed by atoms with van der Waals surface area (Å²) in [6.45, 7) is 5.53. The molecule has 106 valence electrons. The van der Waals surface area contributed by atoms with Crippen LogP contribution in [0, 0.1) is 5.82 Å². The fourth-order valence-corrected chi connectivity index (χ4v) is 2.11. The Morgan fingerprint density at radius 1 is 1.10 bits per heavy atom. The quantitative estimate of drug-likeness (QED) is 0.870. The summed E-state index contributed by atoms with van der Waals surface area (Å²) in [5.41, 5.74) is 4.06. The second kappa shape index (κ2) is 7.15. The van der Waals surface area contributed by atoms with E-state index in [0.717, 1.165) is 36.2 Å². The van der Waals surface area contributed by atoms with Crippen LogP contribution < -0.4 is 5.32 Å². The Balaban J connectivity index is 2.11. The van der Waals surface area contributed by atoms with E-state index in [4.69, 9.17) is 0 Å². The lowest BCUT2D eigenvalue weighted by molar-refractivity contribution is 0.592. The van der Waals surface area contributed by atoms with Gasteiger partial charge in [0.05, 0.1) is 0 Å². The minimum atomic E-state index is -0.149. The van der Waals surface area contributed by atoms with Crippen LogP contribution in [0.1, 0.15) is 36.2 Å². The van der Waals surface area contributed by atoms with Gasteiger partial charge in [-0.05, 0) is 36.2 Å². The highest BCUT2D eigenvalue weighted by Gasteiger charge is 2.05. The molecule has 2 rings (SSSR count). The summed E-state index contributed by atoms with van der Waals surface area (Å²) >= 11 is 0. The first kappa shape index (κ1) is 14.7. The Hall–Kier alpha value is -1.74. The van der Waals surface area contributed by atoms with Gasteiger partial charge in [0.1, 0.15) is 5.82 Å². The lowest BCUT2D eigenvalue weighted by Gasteiger charge is -2.08. The lowest BCUT2D eigenvalue weighted by atomic mass is 10.0. The maximum atomic E-state index is 13.7. The minimum absolute atomic E-state index is 0.149. The third-order valence-corrected chi connectivity index (χ3v) is 3.36. The molecular formula is C17H21FN2. The molecule has 1 N–H and O–H groups in total. The van der Waals surface area contributed by atoms with Crippen LogP contribution in [0.15, 0.2) is 36.5 Å². The van der Waals surface area contributed by atoms with Gasteiger partial charge in [0.15, 0.2) is 0 Å². The standard InChI is InChI=1S/C17H21FN2/c1-3-13-5-7-16(20-11-13)10-14-6-8-17(18)15(9-14)12-19-4-2/h5-9,11,19H,3-4,10,12H2,1-2H3. The molecule has 0 amide bonds. The number of aryl methyl sites for hydroxylation is 1. The summed E-state index contributed by atoms with van der Waals surface area (Å²) in [7, 11) is 0. The van der Waals surface area contributed by atoms with Crippen LogP contribution in [0.4, 0.5) is 4.39 Å². The van der Waals surface area contributed by atoms with E-state index in [-0.39, 0.29) is 5.82 Å². The van der Waals surface area contributed by atoms with Gasteiger partial charge in [0.25, 0.3) is 0 Å². The Bertz CT molecular complexity index is 549. The average Bonchev–Trinajstić information content (AvgIpc) is 2.48. The third-order valence-electron chi connectivity index (χ3n) is 3.36. The van der Waals surface area contributed by atoms with Gasteiger partial charge in [-0.1, -0.05) is 32.0 Å². The van der Waals surface area contributed by atoms with Crippen LogP contribution in [0.25, 0.3) is 0 Å². The van der Waals surface area contributed by atoms with E-state index in [9.17, 15) is 4.39 Å². The summed E-state index contributed by atoms with van der Waals surface area (Å²) in [5, 5.41) is 3.16. The fourth-order valence-electron chi connectivity index (χ4n) is 2.11. The molecule has 0 spiro atoms. The molecule has 1 aromatic carbocycles. The number of nitrogens with zero attached hydrogens (tertiary/aromatic N) is 1. The van der Waals surface area contributed by atoms with Crippen LogP contribution in [-0.2, 0) is 19.4 Å². The van der Waals surface area contributed by atoms with Gasteiger partial charge < -0.3 is 5.32 Å². The summed E-state index contributed by atoms with van der Waals surface area (Å²) in [6.07, 6.45) is 3.65. The second-order valence-corrected chi connectivity index (χ2v) is 4.89. The first-order chi connectivity index (χ1) is 9.72. The van der Waals surface area contributed by atoms with Crippen LogP contribution in [0.3, 0.4) is 0 Å². The molecule has 0 aliphatic rings. The Morgan fingerprint density at radius 3 is 2.55 bits per heavy atom. The van der Waals surface area contributed by atoms with E-state index < -0.39 is 0 Å². The van der Waals surface area contributed by atoms with Crippen molar-refractivity contribution in [1.82, 2.24) is 10.3 Å². The van der Waals surface area contributed by atoms with Gasteiger partial charge in [-0.3, -0.25) is 4.98 Å². The van der Waals surface area contributed by atoms with Crippen molar-refractivity contribution < 1.29 is 4.39 Å². The van der Waals surface area contributed by atoms with Crippen LogP contribution in [-0.4, -0.2) is 11.5 Å². The van der Waals surface area contributed by atoms with Crippen LogP contribution >= 0.6 is 0 Å². The van der Waals surface area contributed by atoms with E-state index in [0.29, 0.717) is 6.54 Å². The topological polar surface area (TPSA) is 24.9 Å². The number of halogens is 1. The molecule has 1 heterocycles. The fraction of sp³-hybridized carbons (Fsp3) is 0.353. The maximum absolute atomic E-state index is 13.7. The van der Waals surface area contributed by atoms with Crippen molar-refractivity contribution in [3.63, 3.8) is 0 Å². The van der Waals surface area contributed by atoms with Gasteiger partial charge in [-0.2, -0.15) is 0 Å². The van der Waals surface area contributed by atoms with Crippen molar-refractivity contribution in [2.24, 2.45) is 0 Å². The molecule has 1 aromatic heterocycles. The van der Waals surface area contributed by atoms with E-state index in [2.05, 4.69) is 23.3 Å². The predicted octanol–water partition coefficient (Wildman–Crippen LogP) is 3.48. The van der Waals surface area contributed by atoms with Crippen molar-refractivity contribution >= 4 is 0 Å². The van der Waals surface area contributed by atoms with Gasteiger partial charge in [0, 0.05) is 30.4 Å². The van der Waals surface area contributed by atoms with Crippen LogP contribution in [0.5, 0.6) is 0 Å². The van der Waals surface area contributed by atoms with Crippen molar-refractivity contribution in [2.45, 2.75) is 33.2 Å². The molecule has 0 unspecified atom stereocenters. The summed E-state index contributed by atoms with van der Waals surface area (Å²) < 4.78 is 13.7. The number of nitrogens with one attached hydrogen (secondary N) is 1. The Labute approximate surface area is 120 Å². The normalized spacial score (nSPS) is 10.8. The zero-order valence-corrected chi connectivity index (χ0v) is 12.1. The van der Waals surface area contributed by atoms with Gasteiger partial charge in [-0.25, -0.2) is 4.39 Å². The zero-order chi connectivity index (χ0) is 14.4.